The lowest BCUT2D eigenvalue weighted by Crippen LogP contribution is -2.41. The third kappa shape index (κ3) is 3.44. The minimum atomic E-state index is 0.0556. The molecule has 0 aromatic carbocycles. The number of methoxy groups -OCH3 is 1. The Balaban J connectivity index is 1.82. The van der Waals surface area contributed by atoms with E-state index in [1.165, 1.54) is 6.42 Å². The van der Waals surface area contributed by atoms with Crippen LogP contribution in [0.15, 0.2) is 18.3 Å². The summed E-state index contributed by atoms with van der Waals surface area (Å²) >= 11 is 0. The lowest BCUT2D eigenvalue weighted by molar-refractivity contribution is -0.124. The second-order valence-corrected chi connectivity index (χ2v) is 5.22. The van der Waals surface area contributed by atoms with Crippen LogP contribution in [0.5, 0.6) is 5.88 Å². The van der Waals surface area contributed by atoms with E-state index in [1.54, 1.807) is 13.3 Å². The number of aromatic nitrogens is 1. The second kappa shape index (κ2) is 6.02. The molecule has 3 N–H and O–H groups in total. The highest BCUT2D eigenvalue weighted by atomic mass is 16.5. The van der Waals surface area contributed by atoms with Gasteiger partial charge in [0.25, 0.3) is 0 Å². The van der Waals surface area contributed by atoms with Crippen LogP contribution in [0.2, 0.25) is 0 Å². The molecule has 1 amide bonds. The number of nitrogens with zero attached hydrogens (tertiary/aromatic N) is 1. The summed E-state index contributed by atoms with van der Waals surface area (Å²) in [6.07, 6.45) is 5.53. The van der Waals surface area contributed by atoms with Crippen molar-refractivity contribution < 1.29 is 9.53 Å². The van der Waals surface area contributed by atoms with E-state index in [1.807, 2.05) is 12.1 Å². The van der Waals surface area contributed by atoms with Gasteiger partial charge < -0.3 is 15.8 Å². The first-order valence-electron chi connectivity index (χ1n) is 6.63. The van der Waals surface area contributed by atoms with Crippen molar-refractivity contribution in [1.82, 2.24) is 10.3 Å². The van der Waals surface area contributed by atoms with Gasteiger partial charge in [0.1, 0.15) is 0 Å². The average molecular weight is 263 g/mol. The van der Waals surface area contributed by atoms with Gasteiger partial charge in [0.15, 0.2) is 0 Å². The zero-order valence-corrected chi connectivity index (χ0v) is 11.3. The largest absolute Gasteiger partial charge is 0.481 e. The van der Waals surface area contributed by atoms with E-state index >= 15 is 0 Å². The molecule has 0 radical (unpaired) electrons. The van der Waals surface area contributed by atoms with Gasteiger partial charge in [-0.2, -0.15) is 0 Å². The molecule has 19 heavy (non-hydrogen) atoms. The quantitative estimate of drug-likeness (QED) is 0.809. The van der Waals surface area contributed by atoms with Crippen LogP contribution in [0.4, 0.5) is 0 Å². The van der Waals surface area contributed by atoms with E-state index < -0.39 is 0 Å². The minimum absolute atomic E-state index is 0.0556. The fourth-order valence-corrected chi connectivity index (χ4v) is 2.41. The average Bonchev–Trinajstić information content (AvgIpc) is 2.41. The molecule has 1 saturated carbocycles. The summed E-state index contributed by atoms with van der Waals surface area (Å²) in [7, 11) is 1.58. The maximum absolute atomic E-state index is 11.9. The topological polar surface area (TPSA) is 77.2 Å². The SMILES string of the molecule is COc1cc(CNC(=O)CC2(CN)CCC2)ccn1. The third-order valence-electron chi connectivity index (χ3n) is 3.88. The Kier molecular flexibility index (Phi) is 4.37. The molecule has 104 valence electrons. The summed E-state index contributed by atoms with van der Waals surface area (Å²) < 4.78 is 5.05. The highest BCUT2D eigenvalue weighted by Crippen LogP contribution is 2.42. The first kappa shape index (κ1) is 13.8. The molecular weight excluding hydrogens is 242 g/mol. The molecule has 1 heterocycles. The number of hydrogen-bond acceptors (Lipinski definition) is 4. The number of ether oxygens (including phenoxy) is 1. The number of nitrogens with one attached hydrogen (secondary N) is 1. The van der Waals surface area contributed by atoms with E-state index in [-0.39, 0.29) is 11.3 Å². The number of carbonyl (C=O) groups excluding carboxylic acids is 1. The number of carbonyl (C=O) groups is 1. The molecule has 2 rings (SSSR count). The van der Waals surface area contributed by atoms with Crippen LogP contribution in [0, 0.1) is 5.41 Å². The van der Waals surface area contributed by atoms with Crippen LogP contribution in [-0.4, -0.2) is 24.5 Å². The minimum Gasteiger partial charge on any atom is -0.481 e. The van der Waals surface area contributed by atoms with Gasteiger partial charge in [0.05, 0.1) is 7.11 Å². The van der Waals surface area contributed by atoms with Crippen molar-refractivity contribution >= 4 is 5.91 Å². The molecule has 0 aliphatic heterocycles. The van der Waals surface area contributed by atoms with Gasteiger partial charge in [-0.3, -0.25) is 4.79 Å². The molecule has 0 atom stereocenters. The van der Waals surface area contributed by atoms with Crippen molar-refractivity contribution in [3.05, 3.63) is 23.9 Å². The van der Waals surface area contributed by atoms with Gasteiger partial charge in [-0.05, 0) is 36.4 Å². The van der Waals surface area contributed by atoms with Crippen LogP contribution < -0.4 is 15.8 Å². The second-order valence-electron chi connectivity index (χ2n) is 5.22. The molecule has 1 aromatic rings. The van der Waals surface area contributed by atoms with E-state index in [0.717, 1.165) is 18.4 Å². The zero-order chi connectivity index (χ0) is 13.7. The summed E-state index contributed by atoms with van der Waals surface area (Å²) in [5.74, 6) is 0.630. The summed E-state index contributed by atoms with van der Waals surface area (Å²) in [5, 5.41) is 2.93. The zero-order valence-electron chi connectivity index (χ0n) is 11.3. The standard InChI is InChI=1S/C14H21N3O2/c1-19-13-7-11(3-6-16-13)9-17-12(18)8-14(10-15)4-2-5-14/h3,6-7H,2,4-5,8-10,15H2,1H3,(H,17,18). The number of pyridine rings is 1. The van der Waals surface area contributed by atoms with Gasteiger partial charge >= 0.3 is 0 Å². The van der Waals surface area contributed by atoms with Gasteiger partial charge in [0, 0.05) is 25.2 Å². The van der Waals surface area contributed by atoms with Gasteiger partial charge in [0.2, 0.25) is 11.8 Å². The smallest absolute Gasteiger partial charge is 0.220 e. The predicted octanol–water partition coefficient (Wildman–Crippen LogP) is 1.23. The fourth-order valence-electron chi connectivity index (χ4n) is 2.41. The third-order valence-corrected chi connectivity index (χ3v) is 3.88. The van der Waals surface area contributed by atoms with E-state index in [0.29, 0.717) is 25.4 Å². The molecule has 0 spiro atoms. The number of rotatable bonds is 6. The lowest BCUT2D eigenvalue weighted by Gasteiger charge is -2.40. The number of amides is 1. The first-order valence-corrected chi connectivity index (χ1v) is 6.63. The summed E-state index contributed by atoms with van der Waals surface area (Å²) in [5.41, 5.74) is 6.80. The van der Waals surface area contributed by atoms with E-state index in [2.05, 4.69) is 10.3 Å². The monoisotopic (exact) mass is 263 g/mol. The van der Waals surface area contributed by atoms with Gasteiger partial charge in [-0.25, -0.2) is 4.98 Å². The molecular formula is C14H21N3O2. The Labute approximate surface area is 113 Å². The summed E-state index contributed by atoms with van der Waals surface area (Å²) in [6, 6.07) is 3.69. The molecule has 1 aliphatic rings. The van der Waals surface area contributed by atoms with Crippen LogP contribution in [-0.2, 0) is 11.3 Å². The van der Waals surface area contributed by atoms with Gasteiger partial charge in [-0.1, -0.05) is 6.42 Å². The maximum atomic E-state index is 11.9. The molecule has 0 saturated heterocycles. The van der Waals surface area contributed by atoms with Crippen LogP contribution in [0.25, 0.3) is 0 Å². The van der Waals surface area contributed by atoms with Gasteiger partial charge in [-0.15, -0.1) is 0 Å². The van der Waals surface area contributed by atoms with Crippen LogP contribution in [0.1, 0.15) is 31.2 Å². The van der Waals surface area contributed by atoms with Crippen molar-refractivity contribution in [2.24, 2.45) is 11.1 Å². The molecule has 5 heteroatoms. The molecule has 1 fully saturated rings. The highest BCUT2D eigenvalue weighted by Gasteiger charge is 2.37. The van der Waals surface area contributed by atoms with Crippen LogP contribution >= 0.6 is 0 Å². The Hall–Kier alpha value is -1.62. The van der Waals surface area contributed by atoms with E-state index in [9.17, 15) is 4.79 Å². The Morgan fingerprint density at radius 3 is 2.95 bits per heavy atom. The first-order chi connectivity index (χ1) is 9.17. The van der Waals surface area contributed by atoms with Crippen molar-refractivity contribution in [1.29, 1.82) is 0 Å². The molecule has 0 bridgehead atoms. The Morgan fingerprint density at radius 1 is 1.58 bits per heavy atom. The Bertz CT molecular complexity index is 439. The normalized spacial score (nSPS) is 16.5. The van der Waals surface area contributed by atoms with Crippen molar-refractivity contribution in [3.8, 4) is 5.88 Å². The number of hydrogen-bond donors (Lipinski definition) is 2. The van der Waals surface area contributed by atoms with Crippen molar-refractivity contribution in [2.75, 3.05) is 13.7 Å². The highest BCUT2D eigenvalue weighted by molar-refractivity contribution is 5.76. The molecule has 0 unspecified atom stereocenters. The summed E-state index contributed by atoms with van der Waals surface area (Å²) in [4.78, 5) is 16.0. The van der Waals surface area contributed by atoms with Crippen molar-refractivity contribution in [2.45, 2.75) is 32.2 Å². The van der Waals surface area contributed by atoms with E-state index in [4.69, 9.17) is 10.5 Å². The molecule has 1 aromatic heterocycles. The maximum Gasteiger partial charge on any atom is 0.220 e. The van der Waals surface area contributed by atoms with Crippen molar-refractivity contribution in [3.63, 3.8) is 0 Å². The lowest BCUT2D eigenvalue weighted by atomic mass is 9.66. The fraction of sp³-hybridized carbons (Fsp3) is 0.571. The molecule has 5 nitrogen and oxygen atoms in total. The molecule has 1 aliphatic carbocycles. The van der Waals surface area contributed by atoms with Crippen LogP contribution in [0.3, 0.4) is 0 Å². The Morgan fingerprint density at radius 2 is 2.37 bits per heavy atom. The number of nitrogens with two attached hydrogens (primary N) is 1. The summed E-state index contributed by atoms with van der Waals surface area (Å²) in [6.45, 7) is 1.10. The predicted molar refractivity (Wildman–Crippen MR) is 72.6 cm³/mol.